The van der Waals surface area contributed by atoms with E-state index in [1.807, 2.05) is 27.7 Å². The van der Waals surface area contributed by atoms with Crippen LogP contribution >= 0.6 is 0 Å². The maximum atomic E-state index is 11.9. The summed E-state index contributed by atoms with van der Waals surface area (Å²) < 4.78 is 21.8. The lowest BCUT2D eigenvalue weighted by atomic mass is 10.3. The van der Waals surface area contributed by atoms with Crippen molar-refractivity contribution < 1.29 is 28.5 Å². The number of rotatable bonds is 14. The highest BCUT2D eigenvalue weighted by molar-refractivity contribution is 5.69. The number of hydrogen-bond donors (Lipinski definition) is 1. The average Bonchev–Trinajstić information content (AvgIpc) is 2.68. The van der Waals surface area contributed by atoms with E-state index in [4.69, 9.17) is 18.9 Å². The Kier molecular flexibility index (Phi) is 13.1. The van der Waals surface area contributed by atoms with Gasteiger partial charge in [-0.05, 0) is 27.2 Å². The minimum absolute atomic E-state index is 0.143. The van der Waals surface area contributed by atoms with Crippen LogP contribution in [0.2, 0.25) is 0 Å². The second-order valence-electron chi connectivity index (χ2n) is 7.36. The van der Waals surface area contributed by atoms with Crippen molar-refractivity contribution >= 4 is 11.9 Å². The van der Waals surface area contributed by atoms with Crippen molar-refractivity contribution in [3.63, 3.8) is 0 Å². The Labute approximate surface area is 169 Å². The molecule has 3 unspecified atom stereocenters. The molecule has 1 aliphatic rings. The predicted octanol–water partition coefficient (Wildman–Crippen LogP) is 1.37. The Morgan fingerprint density at radius 3 is 2.14 bits per heavy atom. The molecule has 1 rings (SSSR count). The first-order valence-electron chi connectivity index (χ1n) is 10.4. The van der Waals surface area contributed by atoms with Gasteiger partial charge in [0.2, 0.25) is 0 Å². The van der Waals surface area contributed by atoms with Gasteiger partial charge in [-0.15, -0.1) is 0 Å². The number of nitrogens with zero attached hydrogens (tertiary/aromatic N) is 1. The van der Waals surface area contributed by atoms with Crippen LogP contribution in [0.3, 0.4) is 0 Å². The fourth-order valence-corrected chi connectivity index (χ4v) is 2.68. The highest BCUT2D eigenvalue weighted by atomic mass is 16.6. The van der Waals surface area contributed by atoms with Gasteiger partial charge < -0.3 is 29.2 Å². The summed E-state index contributed by atoms with van der Waals surface area (Å²) in [4.78, 5) is 25.5. The summed E-state index contributed by atoms with van der Waals surface area (Å²) in [5.74, 6) is -0.393. The molecular formula is C20H38N2O6. The van der Waals surface area contributed by atoms with E-state index in [1.54, 1.807) is 0 Å². The maximum absolute atomic E-state index is 11.9. The van der Waals surface area contributed by atoms with Crippen LogP contribution in [-0.2, 0) is 28.5 Å². The first-order valence-corrected chi connectivity index (χ1v) is 10.4. The van der Waals surface area contributed by atoms with E-state index < -0.39 is 0 Å². The van der Waals surface area contributed by atoms with Gasteiger partial charge in [0.25, 0.3) is 0 Å². The lowest BCUT2D eigenvalue weighted by Crippen LogP contribution is -2.44. The molecule has 164 valence electrons. The topological polar surface area (TPSA) is 86.3 Å². The van der Waals surface area contributed by atoms with Crippen LogP contribution in [-0.4, -0.2) is 87.7 Å². The zero-order chi connectivity index (χ0) is 20.8. The van der Waals surface area contributed by atoms with E-state index in [0.717, 1.165) is 39.1 Å². The van der Waals surface area contributed by atoms with Gasteiger partial charge in [-0.25, -0.2) is 0 Å². The lowest BCUT2D eigenvalue weighted by molar-refractivity contribution is -0.155. The molecule has 0 saturated carbocycles. The largest absolute Gasteiger partial charge is 0.463 e. The smallest absolute Gasteiger partial charge is 0.307 e. The van der Waals surface area contributed by atoms with E-state index in [1.165, 1.54) is 0 Å². The molecule has 0 radical (unpaired) electrons. The van der Waals surface area contributed by atoms with Crippen LogP contribution in [0, 0.1) is 0 Å². The minimum atomic E-state index is -0.301. The molecule has 0 amide bonds. The van der Waals surface area contributed by atoms with Gasteiger partial charge >= 0.3 is 11.9 Å². The van der Waals surface area contributed by atoms with Gasteiger partial charge in [0.15, 0.2) is 0 Å². The SMILES string of the molecule is CCCC(=O)OCC(C)OCC(C)OCC(C)OC(=O)CCN1CCNCC1. The molecule has 0 aromatic rings. The number of carbonyl (C=O) groups is 2. The van der Waals surface area contributed by atoms with Crippen molar-refractivity contribution in [3.05, 3.63) is 0 Å². The summed E-state index contributed by atoms with van der Waals surface area (Å²) in [7, 11) is 0. The highest BCUT2D eigenvalue weighted by Gasteiger charge is 2.16. The summed E-state index contributed by atoms with van der Waals surface area (Å²) in [6, 6.07) is 0. The van der Waals surface area contributed by atoms with Crippen LogP contribution < -0.4 is 5.32 Å². The van der Waals surface area contributed by atoms with Crippen LogP contribution in [0.1, 0.15) is 47.0 Å². The van der Waals surface area contributed by atoms with E-state index in [-0.39, 0.29) is 36.9 Å². The Morgan fingerprint density at radius 2 is 1.50 bits per heavy atom. The lowest BCUT2D eigenvalue weighted by Gasteiger charge is -2.26. The molecule has 28 heavy (non-hydrogen) atoms. The second-order valence-corrected chi connectivity index (χ2v) is 7.36. The summed E-state index contributed by atoms with van der Waals surface area (Å²) >= 11 is 0. The third kappa shape index (κ3) is 12.3. The number of carbonyl (C=O) groups excluding carboxylic acids is 2. The van der Waals surface area contributed by atoms with Crippen molar-refractivity contribution in [2.45, 2.75) is 65.3 Å². The molecule has 1 fully saturated rings. The number of hydrogen-bond acceptors (Lipinski definition) is 8. The van der Waals surface area contributed by atoms with E-state index in [0.29, 0.717) is 26.1 Å². The molecule has 1 heterocycles. The fraction of sp³-hybridized carbons (Fsp3) is 0.900. The van der Waals surface area contributed by atoms with Gasteiger partial charge in [-0.2, -0.15) is 0 Å². The van der Waals surface area contributed by atoms with Crippen LogP contribution in [0.4, 0.5) is 0 Å². The Morgan fingerprint density at radius 1 is 0.893 bits per heavy atom. The van der Waals surface area contributed by atoms with Crippen LogP contribution in [0.15, 0.2) is 0 Å². The third-order valence-electron chi connectivity index (χ3n) is 4.34. The molecule has 1 saturated heterocycles. The molecule has 8 heteroatoms. The molecule has 1 aliphatic heterocycles. The quantitative estimate of drug-likeness (QED) is 0.436. The standard InChI is InChI=1S/C20H38N2O6/c1-5-6-19(23)27-14-17(3)25-13-16(2)26-15-18(4)28-20(24)7-10-22-11-8-21-9-12-22/h16-18,21H,5-15H2,1-4H3. The molecule has 3 atom stereocenters. The van der Waals surface area contributed by atoms with Gasteiger partial charge in [-0.3, -0.25) is 9.59 Å². The zero-order valence-electron chi connectivity index (χ0n) is 17.9. The summed E-state index contributed by atoms with van der Waals surface area (Å²) in [6.45, 7) is 13.1. The summed E-state index contributed by atoms with van der Waals surface area (Å²) in [5, 5.41) is 3.29. The number of piperazine rings is 1. The fourth-order valence-electron chi connectivity index (χ4n) is 2.68. The first-order chi connectivity index (χ1) is 13.4. The van der Waals surface area contributed by atoms with Gasteiger partial charge in [0.1, 0.15) is 12.7 Å². The van der Waals surface area contributed by atoms with Gasteiger partial charge in [0.05, 0.1) is 31.8 Å². The van der Waals surface area contributed by atoms with Crippen molar-refractivity contribution in [2.75, 3.05) is 52.5 Å². The highest BCUT2D eigenvalue weighted by Crippen LogP contribution is 2.03. The predicted molar refractivity (Wildman–Crippen MR) is 106 cm³/mol. The Bertz CT molecular complexity index is 442. The van der Waals surface area contributed by atoms with Crippen molar-refractivity contribution in [3.8, 4) is 0 Å². The van der Waals surface area contributed by atoms with Gasteiger partial charge in [-0.1, -0.05) is 6.92 Å². The van der Waals surface area contributed by atoms with Crippen molar-refractivity contribution in [2.24, 2.45) is 0 Å². The van der Waals surface area contributed by atoms with E-state index in [9.17, 15) is 9.59 Å². The molecule has 0 aromatic heterocycles. The molecular weight excluding hydrogens is 364 g/mol. The second kappa shape index (κ2) is 14.7. The van der Waals surface area contributed by atoms with Crippen molar-refractivity contribution in [1.82, 2.24) is 10.2 Å². The molecule has 8 nitrogen and oxygen atoms in total. The molecule has 0 bridgehead atoms. The number of nitrogens with one attached hydrogen (secondary N) is 1. The van der Waals surface area contributed by atoms with E-state index >= 15 is 0 Å². The number of ether oxygens (including phenoxy) is 4. The molecule has 0 spiro atoms. The van der Waals surface area contributed by atoms with Crippen LogP contribution in [0.5, 0.6) is 0 Å². The Hall–Kier alpha value is -1.22. The molecule has 0 aliphatic carbocycles. The van der Waals surface area contributed by atoms with Crippen molar-refractivity contribution in [1.29, 1.82) is 0 Å². The third-order valence-corrected chi connectivity index (χ3v) is 4.34. The minimum Gasteiger partial charge on any atom is -0.463 e. The zero-order valence-corrected chi connectivity index (χ0v) is 17.9. The average molecular weight is 403 g/mol. The summed E-state index contributed by atoms with van der Waals surface area (Å²) in [6.07, 6.45) is 0.973. The summed E-state index contributed by atoms with van der Waals surface area (Å²) in [5.41, 5.74) is 0. The molecule has 1 N–H and O–H groups in total. The number of esters is 2. The molecule has 0 aromatic carbocycles. The normalized spacial score (nSPS) is 18.3. The monoisotopic (exact) mass is 402 g/mol. The van der Waals surface area contributed by atoms with E-state index in [2.05, 4.69) is 10.2 Å². The van der Waals surface area contributed by atoms with Crippen LogP contribution in [0.25, 0.3) is 0 Å². The van der Waals surface area contributed by atoms with Gasteiger partial charge in [0, 0.05) is 39.1 Å². The maximum Gasteiger partial charge on any atom is 0.307 e. The Balaban J connectivity index is 2.07. The first kappa shape index (κ1) is 24.8.